The summed E-state index contributed by atoms with van der Waals surface area (Å²) in [7, 11) is -3.86. The average molecular weight is 748 g/mol. The molecule has 5 atom stereocenters. The third-order valence-corrected chi connectivity index (χ3v) is 12.6. The summed E-state index contributed by atoms with van der Waals surface area (Å²) < 4.78 is 40.1. The van der Waals surface area contributed by atoms with E-state index >= 15 is 0 Å². The van der Waals surface area contributed by atoms with Crippen molar-refractivity contribution in [2.45, 2.75) is 126 Å². The van der Waals surface area contributed by atoms with Crippen LogP contribution in [0.2, 0.25) is 0 Å². The summed E-state index contributed by atoms with van der Waals surface area (Å²) in [6, 6.07) is 13.4. The molecule has 3 heterocycles. The Hall–Kier alpha value is -4.46. The molecule has 0 unspecified atom stereocenters. The smallest absolute Gasteiger partial charge is 0.408 e. The number of hydrogen-bond donors (Lipinski definition) is 3. The number of aromatic nitrogens is 1. The van der Waals surface area contributed by atoms with E-state index in [-0.39, 0.29) is 18.9 Å². The van der Waals surface area contributed by atoms with E-state index in [1.54, 1.807) is 20.8 Å². The van der Waals surface area contributed by atoms with E-state index in [9.17, 15) is 27.6 Å². The zero-order valence-electron chi connectivity index (χ0n) is 30.6. The van der Waals surface area contributed by atoms with Crippen LogP contribution in [0.25, 0.3) is 21.7 Å². The summed E-state index contributed by atoms with van der Waals surface area (Å²) in [4.78, 5) is 62.0. The van der Waals surface area contributed by atoms with Gasteiger partial charge in [0.25, 0.3) is 5.91 Å². The van der Waals surface area contributed by atoms with Crippen molar-refractivity contribution in [2.75, 3.05) is 6.54 Å². The molecule has 4 amide bonds. The number of benzene rings is 2. The first-order chi connectivity index (χ1) is 25.2. The molecule has 2 aliphatic carbocycles. The maximum Gasteiger partial charge on any atom is 0.408 e. The summed E-state index contributed by atoms with van der Waals surface area (Å²) in [6.07, 6.45) is 5.04. The number of nitrogens with one attached hydrogen (secondary N) is 3. The summed E-state index contributed by atoms with van der Waals surface area (Å²) in [5.74, 6) is -1.64. The van der Waals surface area contributed by atoms with Gasteiger partial charge in [-0.25, -0.2) is 18.2 Å². The minimum absolute atomic E-state index is 0.0188. The van der Waals surface area contributed by atoms with Crippen LogP contribution in [0.15, 0.2) is 48.5 Å². The first kappa shape index (κ1) is 36.9. The normalized spacial score (nSPS) is 27.1. The van der Waals surface area contributed by atoms with Gasteiger partial charge in [-0.2, -0.15) is 0 Å². The quantitative estimate of drug-likeness (QED) is 0.298. The van der Waals surface area contributed by atoms with Crippen molar-refractivity contribution in [2.24, 2.45) is 5.92 Å². The summed E-state index contributed by atoms with van der Waals surface area (Å²) in [6.45, 7) is 5.24. The Morgan fingerprint density at radius 3 is 2.28 bits per heavy atom. The van der Waals surface area contributed by atoms with E-state index in [0.717, 1.165) is 47.4 Å². The first-order valence-electron chi connectivity index (χ1n) is 18.9. The Labute approximate surface area is 310 Å². The molecule has 0 bridgehead atoms. The highest BCUT2D eigenvalue weighted by Gasteiger charge is 2.62. The minimum atomic E-state index is -3.86. The Balaban J connectivity index is 1.21. The highest BCUT2D eigenvalue weighted by atomic mass is 32.2. The summed E-state index contributed by atoms with van der Waals surface area (Å²) in [5, 5.41) is 7.81. The number of para-hydroxylation sites is 1. The lowest BCUT2D eigenvalue weighted by molar-refractivity contribution is -0.141. The average Bonchev–Trinajstić information content (AvgIpc) is 4.03. The third kappa shape index (κ3) is 8.07. The molecule has 2 saturated carbocycles. The fourth-order valence-electron chi connectivity index (χ4n) is 7.82. The zero-order valence-corrected chi connectivity index (χ0v) is 31.4. The van der Waals surface area contributed by atoms with Crippen LogP contribution in [0.1, 0.15) is 91.4 Å². The maximum atomic E-state index is 14.5. The topological polar surface area (TPSA) is 173 Å². The second kappa shape index (κ2) is 14.4. The maximum absolute atomic E-state index is 14.5. The van der Waals surface area contributed by atoms with E-state index in [4.69, 9.17) is 14.5 Å². The lowest BCUT2D eigenvalue weighted by atomic mass is 10.0. The highest BCUT2D eigenvalue weighted by Crippen LogP contribution is 2.48. The van der Waals surface area contributed by atoms with Crippen molar-refractivity contribution in [3.8, 4) is 5.88 Å². The molecule has 2 aromatic carbocycles. The Kier molecular flexibility index (Phi) is 10.0. The molecule has 53 heavy (non-hydrogen) atoms. The predicted octanol–water partition coefficient (Wildman–Crippen LogP) is 4.86. The number of carbonyl (C=O) groups excluding carboxylic acids is 4. The monoisotopic (exact) mass is 747 g/mol. The molecule has 13 nitrogen and oxygen atoms in total. The third-order valence-electron chi connectivity index (χ3n) is 10.8. The van der Waals surface area contributed by atoms with Gasteiger partial charge < -0.3 is 25.0 Å². The second-order valence-electron chi connectivity index (χ2n) is 16.0. The number of carbonyl (C=O) groups is 4. The molecule has 1 aromatic heterocycles. The van der Waals surface area contributed by atoms with E-state index in [0.29, 0.717) is 44.4 Å². The van der Waals surface area contributed by atoms with Crippen LogP contribution < -0.4 is 20.1 Å². The van der Waals surface area contributed by atoms with Crippen LogP contribution in [-0.2, 0) is 29.1 Å². The first-order valence-corrected chi connectivity index (χ1v) is 20.4. The summed E-state index contributed by atoms with van der Waals surface area (Å²) >= 11 is 0. The molecule has 3 aromatic rings. The van der Waals surface area contributed by atoms with Crippen molar-refractivity contribution in [3.05, 3.63) is 48.5 Å². The zero-order chi connectivity index (χ0) is 37.5. The molecule has 4 fully saturated rings. The van der Waals surface area contributed by atoms with Gasteiger partial charge >= 0.3 is 6.09 Å². The van der Waals surface area contributed by atoms with Gasteiger partial charge in [-0.15, -0.1) is 0 Å². The van der Waals surface area contributed by atoms with Crippen LogP contribution in [0, 0.1) is 5.92 Å². The highest BCUT2D eigenvalue weighted by molar-refractivity contribution is 7.91. The Bertz CT molecular complexity index is 2030. The van der Waals surface area contributed by atoms with Crippen molar-refractivity contribution >= 4 is 55.5 Å². The molecule has 3 N–H and O–H groups in total. The van der Waals surface area contributed by atoms with Gasteiger partial charge in [0.05, 0.1) is 17.3 Å². The van der Waals surface area contributed by atoms with Gasteiger partial charge in [0, 0.05) is 17.2 Å². The van der Waals surface area contributed by atoms with Crippen molar-refractivity contribution in [1.29, 1.82) is 0 Å². The van der Waals surface area contributed by atoms with Crippen LogP contribution in [0.3, 0.4) is 0 Å². The number of amides is 4. The molecule has 2 saturated heterocycles. The number of sulfonamides is 1. The van der Waals surface area contributed by atoms with E-state index in [1.165, 1.54) is 4.90 Å². The molecule has 0 spiro atoms. The molecule has 14 heteroatoms. The lowest BCUT2D eigenvalue weighted by Gasteiger charge is -2.30. The van der Waals surface area contributed by atoms with Gasteiger partial charge in [-0.1, -0.05) is 68.5 Å². The number of rotatable bonds is 6. The SMILES string of the molecule is CC(C)(C)OC(=O)N[C@H]1CCCCCCC[C@@H]2C[C@@]2(C(=O)NS(=O)(=O)C2CC2)NC(=O)[C@@H]2C[C@@H](Oc3nc4ccccc4c4ccccc34)CN2C1=O. The summed E-state index contributed by atoms with van der Waals surface area (Å²) in [5.41, 5.74) is -1.46. The fraction of sp³-hybridized carbons (Fsp3) is 0.564. The molecular weight excluding hydrogens is 699 g/mol. The number of alkyl carbamates (subject to hydrolysis) is 1. The fourth-order valence-corrected chi connectivity index (χ4v) is 9.19. The minimum Gasteiger partial charge on any atom is -0.472 e. The van der Waals surface area contributed by atoms with Gasteiger partial charge in [0.1, 0.15) is 29.3 Å². The lowest BCUT2D eigenvalue weighted by Crippen LogP contribution is -2.58. The number of fused-ring (bicyclic) bond motifs is 5. The number of pyridine rings is 1. The van der Waals surface area contributed by atoms with Gasteiger partial charge in [0.15, 0.2) is 0 Å². The predicted molar refractivity (Wildman–Crippen MR) is 198 cm³/mol. The molecule has 0 radical (unpaired) electrons. The van der Waals surface area contributed by atoms with E-state index in [2.05, 4.69) is 15.4 Å². The second-order valence-corrected chi connectivity index (χ2v) is 18.0. The van der Waals surface area contributed by atoms with Gasteiger partial charge in [-0.05, 0) is 76.3 Å². The molecule has 2 aliphatic heterocycles. The standard InChI is InChI=1S/C39H49N5O8S/c1-38(2,3)52-37(48)41-31-18-8-6-4-5-7-13-24-22-39(24,36(47)43-53(49,50)26-19-20-26)42-33(45)32-21-25(23-44(32)35(31)46)51-34-29-16-10-9-14-27(29)28-15-11-12-17-30(28)40-34/h9-12,14-17,24-26,31-32H,4-8,13,18-23H2,1-3H3,(H,41,48)(H,42,45)(H,43,47)/t24-,25-,31+,32+,39-/m1/s1. The van der Waals surface area contributed by atoms with Crippen molar-refractivity contribution < 1.29 is 37.1 Å². The molecule has 4 aliphatic rings. The van der Waals surface area contributed by atoms with Crippen LogP contribution in [0.5, 0.6) is 5.88 Å². The molecule has 7 rings (SSSR count). The van der Waals surface area contributed by atoms with Gasteiger partial charge in [-0.3, -0.25) is 19.1 Å². The molecular formula is C39H49N5O8S. The largest absolute Gasteiger partial charge is 0.472 e. The Morgan fingerprint density at radius 2 is 1.57 bits per heavy atom. The van der Waals surface area contributed by atoms with Crippen LogP contribution in [-0.4, -0.2) is 83.2 Å². The van der Waals surface area contributed by atoms with Crippen LogP contribution in [0.4, 0.5) is 4.79 Å². The Morgan fingerprint density at radius 1 is 0.906 bits per heavy atom. The van der Waals surface area contributed by atoms with E-state index in [1.807, 2.05) is 48.5 Å². The van der Waals surface area contributed by atoms with E-state index < -0.39 is 68.4 Å². The van der Waals surface area contributed by atoms with Crippen LogP contribution >= 0.6 is 0 Å². The van der Waals surface area contributed by atoms with Crippen molar-refractivity contribution in [3.63, 3.8) is 0 Å². The van der Waals surface area contributed by atoms with Gasteiger partial charge in [0.2, 0.25) is 27.7 Å². The van der Waals surface area contributed by atoms with Crippen molar-refractivity contribution in [1.82, 2.24) is 25.2 Å². The number of ether oxygens (including phenoxy) is 2. The number of hydrogen-bond acceptors (Lipinski definition) is 9. The molecule has 284 valence electrons. The number of nitrogens with zero attached hydrogens (tertiary/aromatic N) is 2.